The van der Waals surface area contributed by atoms with E-state index in [0.29, 0.717) is 41.6 Å². The zero-order valence-corrected chi connectivity index (χ0v) is 20.6. The fourth-order valence-electron chi connectivity index (χ4n) is 3.68. The first-order valence-corrected chi connectivity index (χ1v) is 11.6. The third-order valence-electron chi connectivity index (χ3n) is 5.66. The molecule has 0 unspecified atom stereocenters. The molecular weight excluding hydrogens is 444 g/mol. The van der Waals surface area contributed by atoms with Crippen molar-refractivity contribution < 1.29 is 23.8 Å². The Morgan fingerprint density at radius 1 is 1.00 bits per heavy atom. The molecule has 1 aliphatic heterocycles. The van der Waals surface area contributed by atoms with Crippen molar-refractivity contribution in [1.29, 1.82) is 5.26 Å². The van der Waals surface area contributed by atoms with Crippen LogP contribution in [0.5, 0.6) is 17.2 Å². The molecule has 0 aromatic heterocycles. The van der Waals surface area contributed by atoms with Gasteiger partial charge in [0.1, 0.15) is 17.4 Å². The molecule has 0 bridgehead atoms. The molecule has 35 heavy (non-hydrogen) atoms. The van der Waals surface area contributed by atoms with Gasteiger partial charge in [-0.3, -0.25) is 14.5 Å². The summed E-state index contributed by atoms with van der Waals surface area (Å²) >= 11 is 0. The van der Waals surface area contributed by atoms with Crippen LogP contribution in [-0.4, -0.2) is 37.0 Å². The first kappa shape index (κ1) is 25.6. The van der Waals surface area contributed by atoms with Crippen molar-refractivity contribution in [3.8, 4) is 23.3 Å². The lowest BCUT2D eigenvalue weighted by molar-refractivity contribution is -0.141. The molecule has 182 valence electrons. The number of rotatable bonds is 10. The number of nitrogens with zero attached hydrogens (tertiary/aromatic N) is 2. The van der Waals surface area contributed by atoms with Crippen LogP contribution >= 0.6 is 0 Å². The van der Waals surface area contributed by atoms with Gasteiger partial charge in [-0.2, -0.15) is 5.26 Å². The quantitative estimate of drug-likeness (QED) is 0.272. The number of nitriles is 1. The first-order valence-electron chi connectivity index (χ1n) is 11.6. The molecule has 0 atom stereocenters. The number of unbranched alkanes of at least 4 members (excludes halogenated alkanes) is 1. The van der Waals surface area contributed by atoms with E-state index < -0.39 is 11.8 Å². The molecule has 0 spiro atoms. The summed E-state index contributed by atoms with van der Waals surface area (Å²) in [6, 6.07) is 14.5. The van der Waals surface area contributed by atoms with Crippen molar-refractivity contribution in [2.24, 2.45) is 0 Å². The molecule has 7 heteroatoms. The number of hydrogen-bond donors (Lipinski definition) is 0. The number of hydrogen-bond acceptors (Lipinski definition) is 6. The van der Waals surface area contributed by atoms with Crippen molar-refractivity contribution in [3.63, 3.8) is 0 Å². The lowest BCUT2D eigenvalue weighted by Gasteiger charge is -2.27. The standard InChI is InChI=1S/C28H30N2O5/c1-5-7-14-35-25-13-10-21(16-26(25)34-6-2)15-23-19(3)24(17-29)28(32)30(27(23)31)18-20-8-11-22(33-4)12-9-20/h8-13,15-16H,5-7,14,18H2,1-4H3/b23-15+. The summed E-state index contributed by atoms with van der Waals surface area (Å²) in [7, 11) is 1.57. The van der Waals surface area contributed by atoms with Crippen LogP contribution in [-0.2, 0) is 16.1 Å². The molecule has 2 aromatic rings. The van der Waals surface area contributed by atoms with Crippen LogP contribution in [0.3, 0.4) is 0 Å². The number of ether oxygens (including phenoxy) is 3. The number of imide groups is 1. The number of carbonyl (C=O) groups excluding carboxylic acids is 2. The van der Waals surface area contributed by atoms with E-state index in [-0.39, 0.29) is 17.7 Å². The van der Waals surface area contributed by atoms with Gasteiger partial charge in [-0.05, 0) is 67.3 Å². The molecule has 0 saturated carbocycles. The lowest BCUT2D eigenvalue weighted by atomic mass is 9.93. The number of benzene rings is 2. The van der Waals surface area contributed by atoms with Gasteiger partial charge in [-0.25, -0.2) is 0 Å². The van der Waals surface area contributed by atoms with Crippen molar-refractivity contribution in [2.45, 2.75) is 40.2 Å². The Morgan fingerprint density at radius 3 is 2.37 bits per heavy atom. The zero-order chi connectivity index (χ0) is 25.4. The van der Waals surface area contributed by atoms with Gasteiger partial charge in [0, 0.05) is 5.57 Å². The minimum Gasteiger partial charge on any atom is -0.497 e. The van der Waals surface area contributed by atoms with Gasteiger partial charge in [0.15, 0.2) is 11.5 Å². The minimum absolute atomic E-state index is 0.0473. The molecular formula is C28H30N2O5. The Hall–Kier alpha value is -4.05. The van der Waals surface area contributed by atoms with Crippen LogP contribution in [0.2, 0.25) is 0 Å². The molecule has 3 rings (SSSR count). The Bertz CT molecular complexity index is 1190. The molecule has 7 nitrogen and oxygen atoms in total. The topological polar surface area (TPSA) is 88.9 Å². The fourth-order valence-corrected chi connectivity index (χ4v) is 3.68. The molecule has 0 aliphatic carbocycles. The van der Waals surface area contributed by atoms with Crippen molar-refractivity contribution in [2.75, 3.05) is 20.3 Å². The summed E-state index contributed by atoms with van der Waals surface area (Å²) in [6.07, 6.45) is 3.64. The molecule has 2 aromatic carbocycles. The monoisotopic (exact) mass is 474 g/mol. The summed E-state index contributed by atoms with van der Waals surface area (Å²) in [6.45, 7) is 6.70. The Balaban J connectivity index is 1.97. The molecule has 1 heterocycles. The minimum atomic E-state index is -0.599. The molecule has 0 N–H and O–H groups in total. The van der Waals surface area contributed by atoms with Crippen LogP contribution in [0.25, 0.3) is 6.08 Å². The van der Waals surface area contributed by atoms with Gasteiger partial charge in [0.05, 0.1) is 26.9 Å². The highest BCUT2D eigenvalue weighted by Crippen LogP contribution is 2.32. The second-order valence-electron chi connectivity index (χ2n) is 8.06. The number of carbonyl (C=O) groups is 2. The molecule has 1 aliphatic rings. The first-order chi connectivity index (χ1) is 16.9. The summed E-state index contributed by atoms with van der Waals surface area (Å²) in [5.74, 6) is 0.834. The van der Waals surface area contributed by atoms with Crippen LogP contribution in [0, 0.1) is 11.3 Å². The van der Waals surface area contributed by atoms with Crippen LogP contribution < -0.4 is 14.2 Å². The van der Waals surface area contributed by atoms with Gasteiger partial charge < -0.3 is 14.2 Å². The predicted molar refractivity (Wildman–Crippen MR) is 133 cm³/mol. The zero-order valence-electron chi connectivity index (χ0n) is 20.6. The van der Waals surface area contributed by atoms with Crippen molar-refractivity contribution in [1.82, 2.24) is 4.90 Å². The molecule has 0 radical (unpaired) electrons. The van der Waals surface area contributed by atoms with Gasteiger partial charge >= 0.3 is 0 Å². The van der Waals surface area contributed by atoms with Crippen LogP contribution in [0.1, 0.15) is 44.7 Å². The second-order valence-corrected chi connectivity index (χ2v) is 8.06. The largest absolute Gasteiger partial charge is 0.497 e. The smallest absolute Gasteiger partial charge is 0.271 e. The maximum absolute atomic E-state index is 13.4. The fraction of sp³-hybridized carbons (Fsp3) is 0.321. The van der Waals surface area contributed by atoms with E-state index in [2.05, 4.69) is 6.92 Å². The van der Waals surface area contributed by atoms with Gasteiger partial charge in [-0.1, -0.05) is 31.5 Å². The molecule has 2 amide bonds. The Labute approximate surface area is 206 Å². The third-order valence-corrected chi connectivity index (χ3v) is 5.66. The second kappa shape index (κ2) is 11.9. The maximum atomic E-state index is 13.4. The molecule has 0 fully saturated rings. The Morgan fingerprint density at radius 2 is 1.74 bits per heavy atom. The van der Waals surface area contributed by atoms with Crippen molar-refractivity contribution in [3.05, 3.63) is 70.3 Å². The van der Waals surface area contributed by atoms with Gasteiger partial charge in [0.2, 0.25) is 0 Å². The van der Waals surface area contributed by atoms with Gasteiger partial charge in [0.25, 0.3) is 11.8 Å². The van der Waals surface area contributed by atoms with E-state index in [9.17, 15) is 14.9 Å². The van der Waals surface area contributed by atoms with Crippen molar-refractivity contribution >= 4 is 17.9 Å². The van der Waals surface area contributed by atoms with Crippen LogP contribution in [0.4, 0.5) is 0 Å². The average molecular weight is 475 g/mol. The van der Waals surface area contributed by atoms with E-state index in [0.717, 1.165) is 23.3 Å². The summed E-state index contributed by atoms with van der Waals surface area (Å²) in [5.41, 5.74) is 2.05. The molecule has 0 saturated heterocycles. The van der Waals surface area contributed by atoms with E-state index >= 15 is 0 Å². The summed E-state index contributed by atoms with van der Waals surface area (Å²) in [4.78, 5) is 27.5. The third kappa shape index (κ3) is 5.90. The van der Waals surface area contributed by atoms with E-state index in [1.807, 2.05) is 25.1 Å². The maximum Gasteiger partial charge on any atom is 0.271 e. The normalized spacial score (nSPS) is 14.8. The van der Waals surface area contributed by atoms with E-state index in [1.165, 1.54) is 0 Å². The summed E-state index contributed by atoms with van der Waals surface area (Å²) in [5, 5.41) is 9.66. The highest BCUT2D eigenvalue weighted by molar-refractivity contribution is 6.19. The lowest BCUT2D eigenvalue weighted by Crippen LogP contribution is -2.42. The number of amides is 2. The predicted octanol–water partition coefficient (Wildman–Crippen LogP) is 5.07. The Kier molecular flexibility index (Phi) is 8.69. The van der Waals surface area contributed by atoms with E-state index in [4.69, 9.17) is 14.2 Å². The average Bonchev–Trinajstić information content (AvgIpc) is 2.86. The summed E-state index contributed by atoms with van der Waals surface area (Å²) < 4.78 is 16.8. The van der Waals surface area contributed by atoms with Gasteiger partial charge in [-0.15, -0.1) is 0 Å². The van der Waals surface area contributed by atoms with E-state index in [1.54, 1.807) is 50.4 Å². The SMILES string of the molecule is CCCCOc1ccc(/C=C2/C(=O)N(Cc3ccc(OC)cc3)C(=O)C(C#N)=C2C)cc1OCC. The highest BCUT2D eigenvalue weighted by atomic mass is 16.5. The number of methoxy groups -OCH3 is 1. The highest BCUT2D eigenvalue weighted by Gasteiger charge is 2.35. The van der Waals surface area contributed by atoms with Crippen LogP contribution in [0.15, 0.2) is 59.2 Å².